The van der Waals surface area contributed by atoms with Gasteiger partial charge < -0.3 is 15.4 Å². The van der Waals surface area contributed by atoms with Crippen molar-refractivity contribution in [2.45, 2.75) is 13.0 Å². The number of aromatic nitrogens is 3. The van der Waals surface area contributed by atoms with Crippen molar-refractivity contribution in [1.29, 1.82) is 0 Å². The number of likely N-dealkylation sites (N-methyl/N-ethyl adjacent to an activating group) is 1. The Kier molecular flexibility index (Phi) is 5.86. The minimum Gasteiger partial charge on any atom is -0.492 e. The number of nitrogens with zero attached hydrogens (tertiary/aromatic N) is 5. The zero-order valence-electron chi connectivity index (χ0n) is 14.4. The topological polar surface area (TPSA) is 80.4 Å². The second-order valence-corrected chi connectivity index (χ2v) is 5.71. The third-order valence-corrected chi connectivity index (χ3v) is 3.62. The molecule has 2 N–H and O–H groups in total. The van der Waals surface area contributed by atoms with Crippen molar-refractivity contribution in [3.63, 3.8) is 0 Å². The summed E-state index contributed by atoms with van der Waals surface area (Å²) in [5.74, 6) is 1.69. The highest BCUT2D eigenvalue weighted by molar-refractivity contribution is 5.33. The second-order valence-electron chi connectivity index (χ2n) is 5.71. The monoisotopic (exact) mass is 334 g/mol. The van der Waals surface area contributed by atoms with E-state index in [2.05, 4.69) is 19.9 Å². The average molecular weight is 334 g/mol. The van der Waals surface area contributed by atoms with Gasteiger partial charge in [-0.15, -0.1) is 0 Å². The Labute approximate surface area is 141 Å². The molecule has 0 bridgehead atoms. The molecule has 0 radical (unpaired) electrons. The highest BCUT2D eigenvalue weighted by Crippen LogP contribution is 2.18. The smallest absolute Gasteiger partial charge is 0.229 e. The van der Waals surface area contributed by atoms with Crippen LogP contribution in [0.1, 0.15) is 18.8 Å². The molecule has 0 aliphatic carbocycles. The zero-order valence-corrected chi connectivity index (χ0v) is 14.4. The Morgan fingerprint density at radius 3 is 2.42 bits per heavy atom. The van der Waals surface area contributed by atoms with Gasteiger partial charge in [0.15, 0.2) is 5.82 Å². The van der Waals surface area contributed by atoms with Crippen LogP contribution in [0.25, 0.3) is 0 Å². The van der Waals surface area contributed by atoms with E-state index in [-0.39, 0.29) is 17.8 Å². The number of hydrogen-bond acceptors (Lipinski definition) is 7. The van der Waals surface area contributed by atoms with Gasteiger partial charge >= 0.3 is 0 Å². The van der Waals surface area contributed by atoms with Gasteiger partial charge in [-0.3, -0.25) is 4.90 Å². The summed E-state index contributed by atoms with van der Waals surface area (Å²) < 4.78 is 18.5. The molecule has 1 heterocycles. The molecule has 0 saturated heterocycles. The van der Waals surface area contributed by atoms with E-state index in [1.807, 2.05) is 28.1 Å². The fraction of sp³-hybridized carbons (Fsp3) is 0.438. The van der Waals surface area contributed by atoms with Gasteiger partial charge in [0, 0.05) is 20.6 Å². The Bertz CT molecular complexity index is 664. The van der Waals surface area contributed by atoms with Gasteiger partial charge in [0.25, 0.3) is 0 Å². The van der Waals surface area contributed by atoms with Crippen molar-refractivity contribution >= 4 is 11.9 Å². The highest BCUT2D eigenvalue weighted by Gasteiger charge is 2.17. The van der Waals surface area contributed by atoms with E-state index in [0.29, 0.717) is 30.7 Å². The summed E-state index contributed by atoms with van der Waals surface area (Å²) in [4.78, 5) is 16.6. The van der Waals surface area contributed by atoms with Crippen molar-refractivity contribution in [2.75, 3.05) is 44.9 Å². The zero-order chi connectivity index (χ0) is 17.7. The molecule has 1 atom stereocenters. The maximum atomic E-state index is 12.9. The van der Waals surface area contributed by atoms with Crippen LogP contribution < -0.4 is 15.4 Å². The number of nitrogens with two attached hydrogens (primary N) is 1. The van der Waals surface area contributed by atoms with Crippen LogP contribution in [0.15, 0.2) is 24.3 Å². The molecule has 1 aromatic carbocycles. The number of ether oxygens (including phenoxy) is 1. The van der Waals surface area contributed by atoms with Gasteiger partial charge in [0.2, 0.25) is 11.9 Å². The van der Waals surface area contributed by atoms with E-state index in [9.17, 15) is 4.39 Å². The Balaban J connectivity index is 1.94. The molecule has 1 unspecified atom stereocenters. The second kappa shape index (κ2) is 7.87. The van der Waals surface area contributed by atoms with Crippen LogP contribution in [0.3, 0.4) is 0 Å². The minimum absolute atomic E-state index is 0.0502. The predicted molar refractivity (Wildman–Crippen MR) is 91.5 cm³/mol. The first kappa shape index (κ1) is 17.9. The SMILES string of the molecule is CC(c1nc(N)nc(N(C)C)n1)N(C)CCOc1ccc(F)cc1. The normalized spacial score (nSPS) is 12.2. The molecule has 0 aliphatic rings. The molecule has 130 valence electrons. The van der Waals surface area contributed by atoms with Gasteiger partial charge in [0.05, 0.1) is 6.04 Å². The summed E-state index contributed by atoms with van der Waals surface area (Å²) in [5, 5.41) is 0. The van der Waals surface area contributed by atoms with Crippen LogP contribution in [0.2, 0.25) is 0 Å². The molecule has 0 aliphatic heterocycles. The molecule has 24 heavy (non-hydrogen) atoms. The number of benzene rings is 1. The quantitative estimate of drug-likeness (QED) is 0.826. The fourth-order valence-corrected chi connectivity index (χ4v) is 2.01. The first-order valence-electron chi connectivity index (χ1n) is 7.64. The van der Waals surface area contributed by atoms with Crippen LogP contribution in [0.5, 0.6) is 5.75 Å². The summed E-state index contributed by atoms with van der Waals surface area (Å²) in [6.07, 6.45) is 0. The van der Waals surface area contributed by atoms with E-state index in [1.54, 1.807) is 17.0 Å². The summed E-state index contributed by atoms with van der Waals surface area (Å²) in [6.45, 7) is 3.11. The highest BCUT2D eigenvalue weighted by atomic mass is 19.1. The molecule has 8 heteroatoms. The van der Waals surface area contributed by atoms with E-state index in [0.717, 1.165) is 0 Å². The molecule has 0 saturated carbocycles. The lowest BCUT2D eigenvalue weighted by atomic mass is 10.3. The van der Waals surface area contributed by atoms with E-state index < -0.39 is 0 Å². The number of nitrogen functional groups attached to an aromatic ring is 1. The third-order valence-electron chi connectivity index (χ3n) is 3.62. The Morgan fingerprint density at radius 2 is 1.79 bits per heavy atom. The summed E-state index contributed by atoms with van der Waals surface area (Å²) in [5.41, 5.74) is 5.76. The van der Waals surface area contributed by atoms with Crippen molar-refractivity contribution in [1.82, 2.24) is 19.9 Å². The van der Waals surface area contributed by atoms with E-state index >= 15 is 0 Å². The third kappa shape index (κ3) is 4.76. The first-order valence-corrected chi connectivity index (χ1v) is 7.64. The van der Waals surface area contributed by atoms with Crippen LogP contribution in [-0.4, -0.2) is 54.1 Å². The number of hydrogen-bond donors (Lipinski definition) is 1. The Hall–Kier alpha value is -2.48. The van der Waals surface area contributed by atoms with Crippen molar-refractivity contribution in [3.8, 4) is 5.75 Å². The molecule has 2 aromatic rings. The molecule has 0 fully saturated rings. The average Bonchev–Trinajstić information content (AvgIpc) is 2.55. The lowest BCUT2D eigenvalue weighted by Gasteiger charge is -2.24. The van der Waals surface area contributed by atoms with Gasteiger partial charge in [-0.2, -0.15) is 15.0 Å². The molecule has 0 spiro atoms. The summed E-state index contributed by atoms with van der Waals surface area (Å²) >= 11 is 0. The van der Waals surface area contributed by atoms with Crippen molar-refractivity contribution in [3.05, 3.63) is 35.9 Å². The lowest BCUT2D eigenvalue weighted by Crippen LogP contribution is -2.29. The number of halogens is 1. The molecule has 2 rings (SSSR count). The van der Waals surface area contributed by atoms with E-state index in [1.165, 1.54) is 12.1 Å². The molecule has 7 nitrogen and oxygen atoms in total. The maximum Gasteiger partial charge on any atom is 0.229 e. The van der Waals surface area contributed by atoms with Gasteiger partial charge in [-0.05, 0) is 38.2 Å². The minimum atomic E-state index is -0.280. The summed E-state index contributed by atoms with van der Waals surface area (Å²) in [7, 11) is 5.65. The maximum absolute atomic E-state index is 12.9. The molecular weight excluding hydrogens is 311 g/mol. The molecule has 0 amide bonds. The van der Waals surface area contributed by atoms with Gasteiger partial charge in [0.1, 0.15) is 18.2 Å². The largest absolute Gasteiger partial charge is 0.492 e. The van der Waals surface area contributed by atoms with Crippen LogP contribution in [-0.2, 0) is 0 Å². The molecule has 1 aromatic heterocycles. The van der Waals surface area contributed by atoms with Crippen LogP contribution in [0, 0.1) is 5.82 Å². The predicted octanol–water partition coefficient (Wildman–Crippen LogP) is 1.73. The standard InChI is InChI=1S/C16H23FN6O/c1-11(14-19-15(18)21-16(20-14)22(2)3)23(4)9-10-24-13-7-5-12(17)6-8-13/h5-8,11H,9-10H2,1-4H3,(H2,18,19,20,21). The Morgan fingerprint density at radius 1 is 1.12 bits per heavy atom. The number of rotatable bonds is 7. The molecular formula is C16H23FN6O. The first-order chi connectivity index (χ1) is 11.4. The van der Waals surface area contributed by atoms with Crippen LogP contribution in [0.4, 0.5) is 16.3 Å². The fourth-order valence-electron chi connectivity index (χ4n) is 2.01. The van der Waals surface area contributed by atoms with Crippen LogP contribution >= 0.6 is 0 Å². The number of anilines is 2. The van der Waals surface area contributed by atoms with Gasteiger partial charge in [-0.25, -0.2) is 4.39 Å². The van der Waals surface area contributed by atoms with Crippen molar-refractivity contribution < 1.29 is 9.13 Å². The lowest BCUT2D eigenvalue weighted by molar-refractivity contribution is 0.196. The van der Waals surface area contributed by atoms with E-state index in [4.69, 9.17) is 10.5 Å². The van der Waals surface area contributed by atoms with Crippen molar-refractivity contribution in [2.24, 2.45) is 0 Å². The summed E-state index contributed by atoms with van der Waals surface area (Å²) in [6, 6.07) is 5.91. The van der Waals surface area contributed by atoms with Gasteiger partial charge in [-0.1, -0.05) is 0 Å².